The van der Waals surface area contributed by atoms with Crippen LogP contribution in [-0.4, -0.2) is 21.8 Å². The molecule has 0 fully saturated rings. The fraction of sp³-hybridized carbons (Fsp3) is 0.500. The zero-order chi connectivity index (χ0) is 14.3. The highest BCUT2D eigenvalue weighted by atomic mass is 16.2. The highest BCUT2D eigenvalue weighted by Gasteiger charge is 2.23. The SMILES string of the molecule is CCCCCC(C)C(=O)N(N)C(=O)c1ccncc1. The van der Waals surface area contributed by atoms with Crippen molar-refractivity contribution in [1.82, 2.24) is 9.99 Å². The van der Waals surface area contributed by atoms with Crippen LogP contribution < -0.4 is 5.84 Å². The van der Waals surface area contributed by atoms with Gasteiger partial charge in [0.2, 0.25) is 5.91 Å². The van der Waals surface area contributed by atoms with Crippen LogP contribution in [-0.2, 0) is 4.79 Å². The minimum Gasteiger partial charge on any atom is -0.273 e. The van der Waals surface area contributed by atoms with Gasteiger partial charge >= 0.3 is 0 Å². The Kier molecular flexibility index (Phi) is 6.15. The van der Waals surface area contributed by atoms with Gasteiger partial charge in [0.1, 0.15) is 0 Å². The van der Waals surface area contributed by atoms with E-state index >= 15 is 0 Å². The summed E-state index contributed by atoms with van der Waals surface area (Å²) in [5.41, 5.74) is 0.367. The third-order valence-corrected chi connectivity index (χ3v) is 3.05. The number of nitrogens with two attached hydrogens (primary N) is 1. The first-order valence-corrected chi connectivity index (χ1v) is 6.61. The van der Waals surface area contributed by atoms with Gasteiger partial charge in [-0.15, -0.1) is 0 Å². The molecule has 1 rings (SSSR count). The zero-order valence-corrected chi connectivity index (χ0v) is 11.5. The van der Waals surface area contributed by atoms with Crippen LogP contribution in [0.2, 0.25) is 0 Å². The molecule has 104 valence electrons. The fourth-order valence-electron chi connectivity index (χ4n) is 1.80. The van der Waals surface area contributed by atoms with Gasteiger partial charge in [0, 0.05) is 23.9 Å². The first-order chi connectivity index (χ1) is 9.07. The van der Waals surface area contributed by atoms with Gasteiger partial charge < -0.3 is 0 Å². The van der Waals surface area contributed by atoms with E-state index in [9.17, 15) is 9.59 Å². The lowest BCUT2D eigenvalue weighted by Crippen LogP contribution is -2.45. The molecule has 0 aliphatic carbocycles. The minimum absolute atomic E-state index is 0.234. The number of hydrogen-bond acceptors (Lipinski definition) is 4. The number of carbonyl (C=O) groups excluding carboxylic acids is 2. The van der Waals surface area contributed by atoms with E-state index in [4.69, 9.17) is 5.84 Å². The molecule has 1 unspecified atom stereocenters. The number of hydrazine groups is 1. The lowest BCUT2D eigenvalue weighted by molar-refractivity contribution is -0.132. The Morgan fingerprint density at radius 2 is 1.95 bits per heavy atom. The first-order valence-electron chi connectivity index (χ1n) is 6.61. The van der Waals surface area contributed by atoms with Gasteiger partial charge in [-0.25, -0.2) is 10.9 Å². The van der Waals surface area contributed by atoms with Crippen molar-refractivity contribution in [2.24, 2.45) is 11.8 Å². The lowest BCUT2D eigenvalue weighted by atomic mass is 10.0. The van der Waals surface area contributed by atoms with Crippen LogP contribution in [0.25, 0.3) is 0 Å². The van der Waals surface area contributed by atoms with Gasteiger partial charge in [0.25, 0.3) is 5.91 Å². The van der Waals surface area contributed by atoms with Gasteiger partial charge in [-0.05, 0) is 18.6 Å². The van der Waals surface area contributed by atoms with Crippen LogP contribution in [0, 0.1) is 5.92 Å². The average Bonchev–Trinajstić information content (AvgIpc) is 2.46. The summed E-state index contributed by atoms with van der Waals surface area (Å²) in [7, 11) is 0. The normalized spacial score (nSPS) is 11.9. The third kappa shape index (κ3) is 4.44. The number of carbonyl (C=O) groups is 2. The summed E-state index contributed by atoms with van der Waals surface area (Å²) in [6.07, 6.45) is 6.90. The molecule has 0 saturated heterocycles. The second kappa shape index (κ2) is 7.63. The highest BCUT2D eigenvalue weighted by Crippen LogP contribution is 2.12. The maximum absolute atomic E-state index is 12.0. The number of unbranched alkanes of at least 4 members (excludes halogenated alkanes) is 2. The van der Waals surface area contributed by atoms with E-state index in [1.54, 1.807) is 6.92 Å². The van der Waals surface area contributed by atoms with Gasteiger partial charge in [-0.1, -0.05) is 33.1 Å². The maximum Gasteiger partial charge on any atom is 0.274 e. The van der Waals surface area contributed by atoms with E-state index in [2.05, 4.69) is 11.9 Å². The molecule has 19 heavy (non-hydrogen) atoms. The monoisotopic (exact) mass is 263 g/mol. The number of rotatable bonds is 6. The maximum atomic E-state index is 12.0. The lowest BCUT2D eigenvalue weighted by Gasteiger charge is -2.19. The van der Waals surface area contributed by atoms with E-state index in [-0.39, 0.29) is 11.8 Å². The second-order valence-corrected chi connectivity index (χ2v) is 4.65. The van der Waals surface area contributed by atoms with Gasteiger partial charge in [-0.2, -0.15) is 0 Å². The first kappa shape index (κ1) is 15.3. The van der Waals surface area contributed by atoms with Crippen LogP contribution in [0.3, 0.4) is 0 Å². The van der Waals surface area contributed by atoms with E-state index in [0.717, 1.165) is 25.7 Å². The number of nitrogens with zero attached hydrogens (tertiary/aromatic N) is 2. The summed E-state index contributed by atoms with van der Waals surface area (Å²) >= 11 is 0. The molecule has 1 heterocycles. The molecule has 0 spiro atoms. The molecule has 2 N–H and O–H groups in total. The zero-order valence-electron chi connectivity index (χ0n) is 11.5. The molecule has 0 radical (unpaired) electrons. The van der Waals surface area contributed by atoms with Crippen LogP contribution in [0.1, 0.15) is 49.9 Å². The van der Waals surface area contributed by atoms with Crippen molar-refractivity contribution in [1.29, 1.82) is 0 Å². The summed E-state index contributed by atoms with van der Waals surface area (Å²) in [6.45, 7) is 3.91. The molecule has 0 saturated carbocycles. The molecule has 1 atom stereocenters. The third-order valence-electron chi connectivity index (χ3n) is 3.05. The number of imide groups is 1. The van der Waals surface area contributed by atoms with E-state index in [0.29, 0.717) is 10.6 Å². The predicted molar refractivity (Wildman–Crippen MR) is 72.9 cm³/mol. The van der Waals surface area contributed by atoms with Crippen molar-refractivity contribution in [3.05, 3.63) is 30.1 Å². The van der Waals surface area contributed by atoms with Crippen LogP contribution in [0.15, 0.2) is 24.5 Å². The molecular formula is C14H21N3O2. The van der Waals surface area contributed by atoms with Crippen molar-refractivity contribution >= 4 is 11.8 Å². The number of hydrogen-bond donors (Lipinski definition) is 1. The van der Waals surface area contributed by atoms with Crippen LogP contribution in [0.5, 0.6) is 0 Å². The Bertz CT molecular complexity index is 420. The Morgan fingerprint density at radius 1 is 1.32 bits per heavy atom. The fourth-order valence-corrected chi connectivity index (χ4v) is 1.80. The molecule has 0 aromatic carbocycles. The summed E-state index contributed by atoms with van der Waals surface area (Å²) in [5, 5.41) is 0.714. The van der Waals surface area contributed by atoms with E-state index in [1.165, 1.54) is 24.5 Å². The van der Waals surface area contributed by atoms with E-state index < -0.39 is 5.91 Å². The molecular weight excluding hydrogens is 242 g/mol. The Balaban J connectivity index is 2.59. The Labute approximate surface area is 113 Å². The smallest absolute Gasteiger partial charge is 0.273 e. The molecule has 1 aromatic heterocycles. The van der Waals surface area contributed by atoms with Crippen molar-refractivity contribution < 1.29 is 9.59 Å². The molecule has 2 amide bonds. The van der Waals surface area contributed by atoms with Gasteiger partial charge in [0.05, 0.1) is 0 Å². The summed E-state index contributed by atoms with van der Waals surface area (Å²) < 4.78 is 0. The largest absolute Gasteiger partial charge is 0.274 e. The molecule has 1 aromatic rings. The van der Waals surface area contributed by atoms with Crippen molar-refractivity contribution in [2.75, 3.05) is 0 Å². The predicted octanol–water partition coefficient (Wildman–Crippen LogP) is 2.14. The molecule has 5 nitrogen and oxygen atoms in total. The standard InChI is InChI=1S/C14H21N3O2/c1-3-4-5-6-11(2)13(18)17(15)14(19)12-7-9-16-10-8-12/h7-11H,3-6,15H2,1-2H3. The number of aromatic nitrogens is 1. The van der Waals surface area contributed by atoms with Crippen molar-refractivity contribution in [3.63, 3.8) is 0 Å². The van der Waals surface area contributed by atoms with Crippen molar-refractivity contribution in [3.8, 4) is 0 Å². The van der Waals surface area contributed by atoms with E-state index in [1.807, 2.05) is 0 Å². The molecule has 0 aliphatic heterocycles. The quantitative estimate of drug-likeness (QED) is 0.369. The summed E-state index contributed by atoms with van der Waals surface area (Å²) in [5.74, 6) is 4.55. The minimum atomic E-state index is -0.491. The van der Waals surface area contributed by atoms with Gasteiger partial charge in [0.15, 0.2) is 0 Å². The molecule has 0 bridgehead atoms. The number of amides is 2. The Morgan fingerprint density at radius 3 is 2.53 bits per heavy atom. The molecule has 0 aliphatic rings. The Hall–Kier alpha value is -1.75. The average molecular weight is 263 g/mol. The topological polar surface area (TPSA) is 76.3 Å². The highest BCUT2D eigenvalue weighted by molar-refractivity contribution is 6.04. The van der Waals surface area contributed by atoms with Crippen LogP contribution >= 0.6 is 0 Å². The van der Waals surface area contributed by atoms with Crippen molar-refractivity contribution in [2.45, 2.75) is 39.5 Å². The summed E-state index contributed by atoms with van der Waals surface area (Å²) in [4.78, 5) is 27.8. The van der Waals surface area contributed by atoms with Crippen LogP contribution in [0.4, 0.5) is 0 Å². The molecule has 5 heteroatoms. The summed E-state index contributed by atoms with van der Waals surface area (Å²) in [6, 6.07) is 3.08. The number of pyridine rings is 1. The second-order valence-electron chi connectivity index (χ2n) is 4.65. The van der Waals surface area contributed by atoms with Gasteiger partial charge in [-0.3, -0.25) is 14.6 Å².